The summed E-state index contributed by atoms with van der Waals surface area (Å²) in [4.78, 5) is 14.3. The van der Waals surface area contributed by atoms with Crippen molar-refractivity contribution < 1.29 is 9.68 Å². The minimum Gasteiger partial charge on any atom is -0.399 e. The molecule has 21 heavy (non-hydrogen) atoms. The molecule has 7 nitrogen and oxygen atoms in total. The summed E-state index contributed by atoms with van der Waals surface area (Å²) in [6, 6.07) is 7.70. The molecule has 0 aliphatic heterocycles. The van der Waals surface area contributed by atoms with E-state index in [4.69, 9.17) is 9.68 Å². The maximum Gasteiger partial charge on any atom is 0.178 e. The number of rotatable bonds is 6. The highest BCUT2D eigenvalue weighted by Crippen LogP contribution is 2.15. The second-order valence-corrected chi connectivity index (χ2v) is 4.43. The van der Waals surface area contributed by atoms with Gasteiger partial charge in [-0.2, -0.15) is 5.10 Å². The van der Waals surface area contributed by atoms with Crippen LogP contribution in [-0.2, 0) is 16.3 Å². The van der Waals surface area contributed by atoms with Crippen LogP contribution in [0.1, 0.15) is 30.8 Å². The molecule has 2 aromatic rings. The van der Waals surface area contributed by atoms with Gasteiger partial charge in [-0.05, 0) is 13.8 Å². The molecule has 1 N–H and O–H groups in total. The number of hydrogen-bond donors (Lipinski definition) is 1. The van der Waals surface area contributed by atoms with Gasteiger partial charge in [-0.1, -0.05) is 34.6 Å². The van der Waals surface area contributed by atoms with E-state index in [1.165, 1.54) is 13.4 Å². The normalized spacial score (nSPS) is 11.1. The van der Waals surface area contributed by atoms with Crippen molar-refractivity contribution in [2.75, 3.05) is 7.11 Å². The predicted octanol–water partition coefficient (Wildman–Crippen LogP) is 2.12. The van der Waals surface area contributed by atoms with Crippen LogP contribution in [0.2, 0.25) is 0 Å². The minimum absolute atomic E-state index is 0.332. The van der Waals surface area contributed by atoms with Gasteiger partial charge in [0.1, 0.15) is 20.0 Å². The molecule has 0 saturated carbocycles. The van der Waals surface area contributed by atoms with Crippen LogP contribution in [0.5, 0.6) is 0 Å². The van der Waals surface area contributed by atoms with Crippen molar-refractivity contribution in [1.29, 1.82) is 0 Å². The zero-order valence-corrected chi connectivity index (χ0v) is 12.2. The smallest absolute Gasteiger partial charge is 0.178 e. The van der Waals surface area contributed by atoms with Gasteiger partial charge in [0.2, 0.25) is 0 Å². The van der Waals surface area contributed by atoms with Crippen LogP contribution >= 0.6 is 0 Å². The van der Waals surface area contributed by atoms with Crippen molar-refractivity contribution in [3.63, 3.8) is 0 Å². The van der Waals surface area contributed by atoms with Crippen LogP contribution in [-0.4, -0.2) is 33.7 Å². The number of nitrogens with zero attached hydrogens (tertiary/aromatic N) is 4. The summed E-state index contributed by atoms with van der Waals surface area (Å²) < 4.78 is 0. The molecule has 0 bridgehead atoms. The van der Waals surface area contributed by atoms with Crippen LogP contribution in [0.4, 0.5) is 0 Å². The number of H-pyrrole nitrogens is 1. The third-order valence-corrected chi connectivity index (χ3v) is 2.56. The van der Waals surface area contributed by atoms with Crippen molar-refractivity contribution in [3.8, 4) is 0 Å². The van der Waals surface area contributed by atoms with Crippen LogP contribution in [0.15, 0.2) is 40.9 Å². The SMILES string of the molecule is CO/N=C(/c1ncn[nH]1)c1ccccc1CON=C(C)C. The molecule has 0 aliphatic carbocycles. The molecule has 1 aromatic heterocycles. The number of aromatic amines is 1. The summed E-state index contributed by atoms with van der Waals surface area (Å²) in [7, 11) is 1.49. The number of hydrogen-bond acceptors (Lipinski definition) is 6. The number of oxime groups is 2. The van der Waals surface area contributed by atoms with E-state index >= 15 is 0 Å². The lowest BCUT2D eigenvalue weighted by Crippen LogP contribution is -2.10. The molecule has 1 heterocycles. The van der Waals surface area contributed by atoms with Crippen LogP contribution in [0.3, 0.4) is 0 Å². The highest BCUT2D eigenvalue weighted by molar-refractivity contribution is 6.11. The van der Waals surface area contributed by atoms with Gasteiger partial charge in [0.05, 0.1) is 5.71 Å². The molecule has 2 rings (SSSR count). The third kappa shape index (κ3) is 3.88. The maximum atomic E-state index is 5.31. The molecular weight excluding hydrogens is 270 g/mol. The van der Waals surface area contributed by atoms with Crippen LogP contribution in [0, 0.1) is 0 Å². The van der Waals surface area contributed by atoms with Gasteiger partial charge in [0.15, 0.2) is 11.5 Å². The van der Waals surface area contributed by atoms with E-state index in [0.29, 0.717) is 18.1 Å². The predicted molar refractivity (Wildman–Crippen MR) is 79.0 cm³/mol. The Morgan fingerprint density at radius 3 is 2.71 bits per heavy atom. The zero-order chi connectivity index (χ0) is 15.1. The van der Waals surface area contributed by atoms with Gasteiger partial charge in [0, 0.05) is 11.1 Å². The summed E-state index contributed by atoms with van der Waals surface area (Å²) in [5.74, 6) is 0.527. The Bertz CT molecular complexity index is 631. The quantitative estimate of drug-likeness (QED) is 0.651. The molecular formula is C14H17N5O2. The second-order valence-electron chi connectivity index (χ2n) is 4.43. The van der Waals surface area contributed by atoms with Gasteiger partial charge >= 0.3 is 0 Å². The maximum absolute atomic E-state index is 5.31. The number of aromatic nitrogens is 3. The minimum atomic E-state index is 0.332. The first-order valence-corrected chi connectivity index (χ1v) is 6.40. The summed E-state index contributed by atoms with van der Waals surface area (Å²) >= 11 is 0. The Hall–Kier alpha value is -2.70. The lowest BCUT2D eigenvalue weighted by atomic mass is 10.0. The summed E-state index contributed by atoms with van der Waals surface area (Å²) in [6.07, 6.45) is 1.42. The van der Waals surface area contributed by atoms with E-state index in [1.807, 2.05) is 38.1 Å². The Balaban J connectivity index is 2.33. The summed E-state index contributed by atoms with van der Waals surface area (Å²) in [5.41, 5.74) is 3.19. The lowest BCUT2D eigenvalue weighted by Gasteiger charge is -2.09. The van der Waals surface area contributed by atoms with Gasteiger partial charge in [0.25, 0.3) is 0 Å². The largest absolute Gasteiger partial charge is 0.399 e. The van der Waals surface area contributed by atoms with Gasteiger partial charge in [-0.3, -0.25) is 5.10 Å². The highest BCUT2D eigenvalue weighted by atomic mass is 16.6. The van der Waals surface area contributed by atoms with E-state index < -0.39 is 0 Å². The molecule has 7 heteroatoms. The second kappa shape index (κ2) is 7.18. The van der Waals surface area contributed by atoms with Gasteiger partial charge < -0.3 is 9.68 Å². The molecule has 110 valence electrons. The molecule has 0 aliphatic rings. The average Bonchev–Trinajstić information content (AvgIpc) is 2.99. The molecule has 1 aromatic carbocycles. The van der Waals surface area contributed by atoms with Crippen LogP contribution in [0.25, 0.3) is 0 Å². The van der Waals surface area contributed by atoms with E-state index in [9.17, 15) is 0 Å². The first-order valence-electron chi connectivity index (χ1n) is 6.40. The van der Waals surface area contributed by atoms with Crippen molar-refractivity contribution in [3.05, 3.63) is 47.5 Å². The summed E-state index contributed by atoms with van der Waals surface area (Å²) in [5, 5.41) is 14.6. The van der Waals surface area contributed by atoms with Gasteiger partial charge in [-0.15, -0.1) is 0 Å². The number of nitrogens with one attached hydrogen (secondary N) is 1. The molecule has 0 amide bonds. The Morgan fingerprint density at radius 2 is 2.05 bits per heavy atom. The first-order chi connectivity index (χ1) is 10.2. The van der Waals surface area contributed by atoms with Crippen molar-refractivity contribution in [1.82, 2.24) is 15.2 Å². The molecule has 0 atom stereocenters. The van der Waals surface area contributed by atoms with Crippen molar-refractivity contribution >= 4 is 11.4 Å². The average molecular weight is 287 g/mol. The number of benzene rings is 1. The van der Waals surface area contributed by atoms with Crippen molar-refractivity contribution in [2.24, 2.45) is 10.3 Å². The molecule has 0 radical (unpaired) electrons. The molecule has 0 spiro atoms. The van der Waals surface area contributed by atoms with E-state index in [0.717, 1.165) is 16.8 Å². The topological polar surface area (TPSA) is 84.8 Å². The molecule has 0 fully saturated rings. The fraction of sp³-hybridized carbons (Fsp3) is 0.286. The summed E-state index contributed by atoms with van der Waals surface area (Å²) in [6.45, 7) is 4.08. The van der Waals surface area contributed by atoms with E-state index in [1.54, 1.807) is 0 Å². The monoisotopic (exact) mass is 287 g/mol. The third-order valence-electron chi connectivity index (χ3n) is 2.56. The molecule has 0 unspecified atom stereocenters. The Labute approximate surface area is 122 Å². The first kappa shape index (κ1) is 14.7. The standard InChI is InChI=1S/C14H17N5O2/c1-10(2)18-21-8-11-6-4-5-7-12(11)13(19-20-3)14-15-9-16-17-14/h4-7,9H,8H2,1-3H3,(H,15,16,17)/b19-13+. The Morgan fingerprint density at radius 1 is 1.24 bits per heavy atom. The fourth-order valence-corrected chi connectivity index (χ4v) is 1.74. The Kier molecular flexibility index (Phi) is 5.03. The van der Waals surface area contributed by atoms with E-state index in [-0.39, 0.29) is 0 Å². The van der Waals surface area contributed by atoms with Gasteiger partial charge in [-0.25, -0.2) is 4.98 Å². The van der Waals surface area contributed by atoms with E-state index in [2.05, 4.69) is 25.5 Å². The zero-order valence-electron chi connectivity index (χ0n) is 12.2. The lowest BCUT2D eigenvalue weighted by molar-refractivity contribution is 0.130. The highest BCUT2D eigenvalue weighted by Gasteiger charge is 2.15. The van der Waals surface area contributed by atoms with Crippen molar-refractivity contribution in [2.45, 2.75) is 20.5 Å². The van der Waals surface area contributed by atoms with Crippen LogP contribution < -0.4 is 0 Å². The fourth-order valence-electron chi connectivity index (χ4n) is 1.74. The molecule has 0 saturated heterocycles.